The number of tetrazole rings is 1. The number of hydrogen-bond acceptors (Lipinski definition) is 7. The molecule has 1 N–H and O–H groups in total. The Kier molecular flexibility index (Phi) is 5.29. The molecule has 1 aliphatic carbocycles. The van der Waals surface area contributed by atoms with Gasteiger partial charge in [0.1, 0.15) is 5.76 Å². The van der Waals surface area contributed by atoms with E-state index in [4.69, 9.17) is 13.9 Å². The Bertz CT molecular complexity index is 900. The quantitative estimate of drug-likeness (QED) is 0.670. The van der Waals surface area contributed by atoms with Gasteiger partial charge >= 0.3 is 0 Å². The number of hydrogen-bond donors (Lipinski definition) is 1. The van der Waals surface area contributed by atoms with Crippen LogP contribution in [0.4, 0.5) is 0 Å². The molecule has 8 nitrogen and oxygen atoms in total. The largest absolute Gasteiger partial charge is 0.493 e. The Balaban J connectivity index is 1.70. The van der Waals surface area contributed by atoms with Crippen molar-refractivity contribution in [2.75, 3.05) is 14.2 Å². The minimum Gasteiger partial charge on any atom is -0.493 e. The van der Waals surface area contributed by atoms with Crippen LogP contribution in [-0.4, -0.2) is 34.4 Å². The van der Waals surface area contributed by atoms with E-state index < -0.39 is 0 Å². The molecule has 0 spiro atoms. The fraction of sp³-hybridized carbons (Fsp3) is 0.450. The number of aromatic nitrogens is 4. The molecule has 1 aromatic carbocycles. The third-order valence-electron chi connectivity index (χ3n) is 5.40. The van der Waals surface area contributed by atoms with Crippen LogP contribution in [0.15, 0.2) is 41.0 Å². The van der Waals surface area contributed by atoms with E-state index in [1.165, 1.54) is 6.42 Å². The number of ether oxygens (including phenoxy) is 2. The van der Waals surface area contributed by atoms with Gasteiger partial charge < -0.3 is 13.9 Å². The molecule has 0 atom stereocenters. The van der Waals surface area contributed by atoms with Crippen molar-refractivity contribution in [1.29, 1.82) is 0 Å². The Labute approximate surface area is 163 Å². The fourth-order valence-corrected chi connectivity index (χ4v) is 3.92. The lowest BCUT2D eigenvalue weighted by molar-refractivity contribution is 0.208. The Morgan fingerprint density at radius 2 is 1.93 bits per heavy atom. The van der Waals surface area contributed by atoms with Crippen molar-refractivity contribution >= 4 is 0 Å². The SMILES string of the molecule is COc1ccc(-n2nnnc2C2(NCc3ccco3)CCCCC2)cc1OC. The highest BCUT2D eigenvalue weighted by Crippen LogP contribution is 2.38. The first-order valence-electron chi connectivity index (χ1n) is 9.54. The van der Waals surface area contributed by atoms with Crippen molar-refractivity contribution in [2.45, 2.75) is 44.2 Å². The lowest BCUT2D eigenvalue weighted by Crippen LogP contribution is -2.45. The van der Waals surface area contributed by atoms with E-state index in [2.05, 4.69) is 20.8 Å². The van der Waals surface area contributed by atoms with E-state index in [1.807, 2.05) is 30.3 Å². The van der Waals surface area contributed by atoms with Gasteiger partial charge in [0.15, 0.2) is 17.3 Å². The minimum absolute atomic E-state index is 0.304. The third-order valence-corrected chi connectivity index (χ3v) is 5.40. The summed E-state index contributed by atoms with van der Waals surface area (Å²) in [5.41, 5.74) is 0.532. The van der Waals surface area contributed by atoms with Crippen molar-refractivity contribution in [3.63, 3.8) is 0 Å². The molecular formula is C20H25N5O3. The molecule has 0 unspecified atom stereocenters. The van der Waals surface area contributed by atoms with Gasteiger partial charge in [-0.25, -0.2) is 0 Å². The standard InChI is InChI=1S/C20H25N5O3/c1-26-17-9-8-15(13-18(17)27-2)25-19(22-23-24-25)20(10-4-3-5-11-20)21-14-16-7-6-12-28-16/h6-9,12-13,21H,3-5,10-11,14H2,1-2H3. The summed E-state index contributed by atoms with van der Waals surface area (Å²) in [5.74, 6) is 3.02. The van der Waals surface area contributed by atoms with Crippen molar-refractivity contribution in [2.24, 2.45) is 0 Å². The van der Waals surface area contributed by atoms with Crippen molar-refractivity contribution in [3.8, 4) is 17.2 Å². The summed E-state index contributed by atoms with van der Waals surface area (Å²) in [5, 5.41) is 16.4. The first-order valence-corrected chi connectivity index (χ1v) is 9.54. The Morgan fingerprint density at radius 1 is 1.11 bits per heavy atom. The zero-order valence-corrected chi connectivity index (χ0v) is 16.2. The zero-order valence-electron chi connectivity index (χ0n) is 16.2. The number of rotatable bonds is 7. The van der Waals surface area contributed by atoms with Crippen LogP contribution in [0.2, 0.25) is 0 Å². The number of benzene rings is 1. The van der Waals surface area contributed by atoms with Gasteiger partial charge in [0.2, 0.25) is 0 Å². The number of nitrogens with one attached hydrogen (secondary N) is 1. The lowest BCUT2D eigenvalue weighted by atomic mass is 9.80. The van der Waals surface area contributed by atoms with Gasteiger partial charge in [0.05, 0.1) is 38.3 Å². The maximum Gasteiger partial charge on any atom is 0.176 e. The van der Waals surface area contributed by atoms with Crippen LogP contribution in [0.3, 0.4) is 0 Å². The molecule has 0 radical (unpaired) electrons. The molecule has 28 heavy (non-hydrogen) atoms. The molecule has 2 heterocycles. The van der Waals surface area contributed by atoms with Gasteiger partial charge in [-0.05, 0) is 47.5 Å². The minimum atomic E-state index is -0.304. The molecule has 2 aromatic heterocycles. The van der Waals surface area contributed by atoms with Crippen LogP contribution in [-0.2, 0) is 12.1 Å². The second kappa shape index (κ2) is 8.02. The molecule has 1 fully saturated rings. The topological polar surface area (TPSA) is 87.2 Å². The van der Waals surface area contributed by atoms with Crippen molar-refractivity contribution in [1.82, 2.24) is 25.5 Å². The highest BCUT2D eigenvalue weighted by atomic mass is 16.5. The number of furan rings is 1. The first kappa shape index (κ1) is 18.5. The van der Waals surface area contributed by atoms with Gasteiger partial charge in [-0.1, -0.05) is 19.3 Å². The van der Waals surface area contributed by atoms with Crippen molar-refractivity contribution in [3.05, 3.63) is 48.2 Å². The molecule has 4 rings (SSSR count). The summed E-state index contributed by atoms with van der Waals surface area (Å²) in [6, 6.07) is 9.56. The monoisotopic (exact) mass is 383 g/mol. The van der Waals surface area contributed by atoms with Gasteiger partial charge in [-0.3, -0.25) is 5.32 Å². The second-order valence-corrected chi connectivity index (χ2v) is 7.03. The third kappa shape index (κ3) is 3.47. The highest BCUT2D eigenvalue weighted by Gasteiger charge is 2.39. The predicted octanol–water partition coefficient (Wildman–Crippen LogP) is 3.22. The van der Waals surface area contributed by atoms with Gasteiger partial charge in [0, 0.05) is 6.07 Å². The Hall–Kier alpha value is -2.87. The van der Waals surface area contributed by atoms with Crippen molar-refractivity contribution < 1.29 is 13.9 Å². The van der Waals surface area contributed by atoms with Crippen LogP contribution >= 0.6 is 0 Å². The average Bonchev–Trinajstić information content (AvgIpc) is 3.44. The van der Waals surface area contributed by atoms with Gasteiger partial charge in [0.25, 0.3) is 0 Å². The molecule has 3 aromatic rings. The fourth-order valence-electron chi connectivity index (χ4n) is 3.92. The summed E-state index contributed by atoms with van der Waals surface area (Å²) in [7, 11) is 3.24. The molecule has 1 saturated carbocycles. The van der Waals surface area contributed by atoms with E-state index in [0.717, 1.165) is 43.0 Å². The molecular weight excluding hydrogens is 358 g/mol. The normalized spacial score (nSPS) is 16.1. The summed E-state index contributed by atoms with van der Waals surface area (Å²) < 4.78 is 18.1. The Morgan fingerprint density at radius 3 is 2.64 bits per heavy atom. The zero-order chi connectivity index (χ0) is 19.4. The number of nitrogens with zero attached hydrogens (tertiary/aromatic N) is 4. The molecule has 0 amide bonds. The molecule has 0 aliphatic heterocycles. The van der Waals surface area contributed by atoms with Gasteiger partial charge in [-0.15, -0.1) is 5.10 Å². The van der Waals surface area contributed by atoms with Crippen LogP contribution < -0.4 is 14.8 Å². The molecule has 1 aliphatic rings. The van der Waals surface area contributed by atoms with Crippen LogP contribution in [0.25, 0.3) is 5.69 Å². The van der Waals surface area contributed by atoms with Crippen LogP contribution in [0.5, 0.6) is 11.5 Å². The summed E-state index contributed by atoms with van der Waals surface area (Å²) >= 11 is 0. The van der Waals surface area contributed by atoms with E-state index in [0.29, 0.717) is 18.0 Å². The second-order valence-electron chi connectivity index (χ2n) is 7.03. The smallest absolute Gasteiger partial charge is 0.176 e. The van der Waals surface area contributed by atoms with E-state index in [1.54, 1.807) is 25.2 Å². The molecule has 0 bridgehead atoms. The van der Waals surface area contributed by atoms with Crippen LogP contribution in [0.1, 0.15) is 43.7 Å². The lowest BCUT2D eigenvalue weighted by Gasteiger charge is -2.36. The molecule has 0 saturated heterocycles. The highest BCUT2D eigenvalue weighted by molar-refractivity contribution is 5.48. The molecule has 148 valence electrons. The first-order chi connectivity index (χ1) is 13.8. The predicted molar refractivity (Wildman–Crippen MR) is 103 cm³/mol. The summed E-state index contributed by atoms with van der Waals surface area (Å²) in [6.45, 7) is 0.631. The molecule has 8 heteroatoms. The summed E-state index contributed by atoms with van der Waals surface area (Å²) in [4.78, 5) is 0. The van der Waals surface area contributed by atoms with E-state index >= 15 is 0 Å². The maximum absolute atomic E-state index is 5.51. The average molecular weight is 383 g/mol. The van der Waals surface area contributed by atoms with E-state index in [-0.39, 0.29) is 5.54 Å². The number of methoxy groups -OCH3 is 2. The summed E-state index contributed by atoms with van der Waals surface area (Å²) in [6.07, 6.45) is 7.12. The van der Waals surface area contributed by atoms with E-state index in [9.17, 15) is 0 Å². The maximum atomic E-state index is 5.51. The van der Waals surface area contributed by atoms with Crippen LogP contribution in [0, 0.1) is 0 Å². The van der Waals surface area contributed by atoms with Gasteiger partial charge in [-0.2, -0.15) is 4.68 Å².